The van der Waals surface area contributed by atoms with Gasteiger partial charge in [0.25, 0.3) is 5.91 Å². The van der Waals surface area contributed by atoms with Gasteiger partial charge in [0.1, 0.15) is 11.6 Å². The van der Waals surface area contributed by atoms with E-state index in [1.54, 1.807) is 36.3 Å². The molecule has 186 valence electrons. The van der Waals surface area contributed by atoms with Crippen LogP contribution in [0.3, 0.4) is 0 Å². The van der Waals surface area contributed by atoms with Crippen LogP contribution in [0.25, 0.3) is 0 Å². The standard InChI is InChI=1S/C28H28FN3O4/c1-18(33)30-25(19-10-14-22(36-2)15-11-19)17-27(34)32-16-4-5-23-24(6-3-7-26(23)32)31-28(35)20-8-12-21(29)13-9-20/h3,6-15,25H,4-5,16-17H2,1-2H3,(H,30,33)(H,31,35). The molecule has 3 aromatic carbocycles. The minimum atomic E-state index is -0.493. The summed E-state index contributed by atoms with van der Waals surface area (Å²) in [6.07, 6.45) is 1.51. The number of carbonyl (C=O) groups is 3. The van der Waals surface area contributed by atoms with Crippen LogP contribution in [-0.2, 0) is 16.0 Å². The summed E-state index contributed by atoms with van der Waals surface area (Å²) in [5.74, 6) is -0.435. The molecule has 0 fully saturated rings. The number of carbonyl (C=O) groups excluding carboxylic acids is 3. The number of ether oxygens (including phenoxy) is 1. The molecular weight excluding hydrogens is 461 g/mol. The summed E-state index contributed by atoms with van der Waals surface area (Å²) in [5, 5.41) is 5.78. The number of nitrogens with one attached hydrogen (secondary N) is 2. The molecular formula is C28H28FN3O4. The molecule has 0 bridgehead atoms. The van der Waals surface area contributed by atoms with Gasteiger partial charge in [-0.05, 0) is 72.5 Å². The van der Waals surface area contributed by atoms with Gasteiger partial charge >= 0.3 is 0 Å². The lowest BCUT2D eigenvalue weighted by molar-refractivity contribution is -0.121. The Hall–Kier alpha value is -4.20. The molecule has 36 heavy (non-hydrogen) atoms. The molecule has 0 aliphatic carbocycles. The highest BCUT2D eigenvalue weighted by Gasteiger charge is 2.27. The fourth-order valence-corrected chi connectivity index (χ4v) is 4.42. The molecule has 1 atom stereocenters. The zero-order valence-electron chi connectivity index (χ0n) is 20.2. The summed E-state index contributed by atoms with van der Waals surface area (Å²) < 4.78 is 18.4. The molecule has 1 heterocycles. The van der Waals surface area contributed by atoms with E-state index in [-0.39, 0.29) is 24.1 Å². The minimum Gasteiger partial charge on any atom is -0.497 e. The van der Waals surface area contributed by atoms with Crippen LogP contribution in [-0.4, -0.2) is 31.4 Å². The van der Waals surface area contributed by atoms with Gasteiger partial charge in [0, 0.05) is 30.4 Å². The van der Waals surface area contributed by atoms with E-state index in [1.807, 2.05) is 18.2 Å². The first-order chi connectivity index (χ1) is 17.4. The van der Waals surface area contributed by atoms with E-state index in [9.17, 15) is 18.8 Å². The van der Waals surface area contributed by atoms with Crippen LogP contribution in [0.1, 0.15) is 47.3 Å². The maximum Gasteiger partial charge on any atom is 0.255 e. The molecule has 0 saturated heterocycles. The van der Waals surface area contributed by atoms with Crippen molar-refractivity contribution >= 4 is 29.1 Å². The zero-order valence-corrected chi connectivity index (χ0v) is 20.2. The van der Waals surface area contributed by atoms with Gasteiger partial charge < -0.3 is 20.3 Å². The quantitative estimate of drug-likeness (QED) is 0.507. The number of benzene rings is 3. The molecule has 1 unspecified atom stereocenters. The molecule has 7 nitrogen and oxygen atoms in total. The van der Waals surface area contributed by atoms with Crippen LogP contribution >= 0.6 is 0 Å². The molecule has 0 radical (unpaired) electrons. The summed E-state index contributed by atoms with van der Waals surface area (Å²) in [6, 6.07) is 17.5. The SMILES string of the molecule is COc1ccc(C(CC(=O)N2CCCc3c(NC(=O)c4ccc(F)cc4)cccc32)NC(C)=O)cc1. The second-order valence-corrected chi connectivity index (χ2v) is 8.64. The number of hydrogen-bond donors (Lipinski definition) is 2. The van der Waals surface area contributed by atoms with E-state index < -0.39 is 11.9 Å². The Kier molecular flexibility index (Phi) is 7.63. The Morgan fingerprint density at radius 1 is 1.03 bits per heavy atom. The van der Waals surface area contributed by atoms with Crippen LogP contribution in [0.5, 0.6) is 5.75 Å². The highest BCUT2D eigenvalue weighted by molar-refractivity contribution is 6.05. The monoisotopic (exact) mass is 489 g/mol. The summed E-state index contributed by atoms with van der Waals surface area (Å²) >= 11 is 0. The number of fused-ring (bicyclic) bond motifs is 1. The van der Waals surface area contributed by atoms with E-state index in [2.05, 4.69) is 10.6 Å². The van der Waals surface area contributed by atoms with E-state index in [4.69, 9.17) is 4.74 Å². The van der Waals surface area contributed by atoms with Crippen molar-refractivity contribution in [1.82, 2.24) is 5.32 Å². The molecule has 0 spiro atoms. The normalized spacial score (nSPS) is 13.4. The van der Waals surface area contributed by atoms with Crippen molar-refractivity contribution in [3.63, 3.8) is 0 Å². The van der Waals surface area contributed by atoms with Crippen molar-refractivity contribution in [1.29, 1.82) is 0 Å². The number of hydrogen-bond acceptors (Lipinski definition) is 4. The van der Waals surface area contributed by atoms with Crippen LogP contribution in [0.15, 0.2) is 66.7 Å². The minimum absolute atomic E-state index is 0.0809. The summed E-state index contributed by atoms with van der Waals surface area (Å²) in [7, 11) is 1.58. The van der Waals surface area contributed by atoms with Gasteiger partial charge in [0.2, 0.25) is 11.8 Å². The lowest BCUT2D eigenvalue weighted by atomic mass is 9.97. The van der Waals surface area contributed by atoms with Crippen LogP contribution in [0, 0.1) is 5.82 Å². The molecule has 0 aromatic heterocycles. The lowest BCUT2D eigenvalue weighted by Crippen LogP contribution is -2.39. The van der Waals surface area contributed by atoms with Crippen LogP contribution in [0.2, 0.25) is 0 Å². The van der Waals surface area contributed by atoms with Gasteiger partial charge in [-0.15, -0.1) is 0 Å². The maximum absolute atomic E-state index is 13.5. The fraction of sp³-hybridized carbons (Fsp3) is 0.250. The molecule has 0 saturated carbocycles. The second kappa shape index (κ2) is 11.0. The summed E-state index contributed by atoms with van der Waals surface area (Å²) in [6.45, 7) is 1.96. The van der Waals surface area contributed by atoms with Crippen molar-refractivity contribution in [3.05, 3.63) is 89.2 Å². The van der Waals surface area contributed by atoms with Gasteiger partial charge in [-0.25, -0.2) is 4.39 Å². The molecule has 2 N–H and O–H groups in total. The Morgan fingerprint density at radius 3 is 2.42 bits per heavy atom. The fourth-order valence-electron chi connectivity index (χ4n) is 4.42. The van der Waals surface area contributed by atoms with Crippen molar-refractivity contribution in [3.8, 4) is 5.75 Å². The van der Waals surface area contributed by atoms with Crippen molar-refractivity contribution in [2.45, 2.75) is 32.2 Å². The average Bonchev–Trinajstić information content (AvgIpc) is 2.88. The highest BCUT2D eigenvalue weighted by atomic mass is 19.1. The van der Waals surface area contributed by atoms with Gasteiger partial charge in [-0.3, -0.25) is 14.4 Å². The number of amides is 3. The van der Waals surface area contributed by atoms with Crippen molar-refractivity contribution in [2.24, 2.45) is 0 Å². The predicted octanol–water partition coefficient (Wildman–Crippen LogP) is 4.63. The second-order valence-electron chi connectivity index (χ2n) is 8.64. The molecule has 1 aliphatic rings. The first-order valence-corrected chi connectivity index (χ1v) is 11.8. The lowest BCUT2D eigenvalue weighted by Gasteiger charge is -2.32. The summed E-state index contributed by atoms with van der Waals surface area (Å²) in [5.41, 5.74) is 3.37. The average molecular weight is 490 g/mol. The maximum atomic E-state index is 13.5. The molecule has 3 amide bonds. The van der Waals surface area contributed by atoms with E-state index in [0.717, 1.165) is 23.2 Å². The van der Waals surface area contributed by atoms with Crippen LogP contribution < -0.4 is 20.3 Å². The molecule has 1 aliphatic heterocycles. The van der Waals surface area contributed by atoms with Crippen molar-refractivity contribution in [2.75, 3.05) is 23.9 Å². The van der Waals surface area contributed by atoms with Crippen LogP contribution in [0.4, 0.5) is 15.8 Å². The first kappa shape index (κ1) is 24.9. The molecule has 3 aromatic rings. The third kappa shape index (κ3) is 5.71. The van der Waals surface area contributed by atoms with Gasteiger partial charge in [0.15, 0.2) is 0 Å². The number of nitrogens with zero attached hydrogens (tertiary/aromatic N) is 1. The highest BCUT2D eigenvalue weighted by Crippen LogP contribution is 2.34. The van der Waals surface area contributed by atoms with E-state index >= 15 is 0 Å². The molecule has 4 rings (SSSR count). The largest absolute Gasteiger partial charge is 0.497 e. The number of anilines is 2. The smallest absolute Gasteiger partial charge is 0.255 e. The number of rotatable bonds is 7. The number of methoxy groups -OCH3 is 1. The summed E-state index contributed by atoms with van der Waals surface area (Å²) in [4.78, 5) is 39.8. The zero-order chi connectivity index (χ0) is 25.7. The molecule has 8 heteroatoms. The Labute approximate surface area is 209 Å². The first-order valence-electron chi connectivity index (χ1n) is 11.8. The van der Waals surface area contributed by atoms with Gasteiger partial charge in [0.05, 0.1) is 19.6 Å². The van der Waals surface area contributed by atoms with E-state index in [1.165, 1.54) is 31.2 Å². The van der Waals surface area contributed by atoms with Crippen molar-refractivity contribution < 1.29 is 23.5 Å². The third-order valence-corrected chi connectivity index (χ3v) is 6.18. The van der Waals surface area contributed by atoms with Gasteiger partial charge in [-0.2, -0.15) is 0 Å². The Balaban J connectivity index is 1.55. The van der Waals surface area contributed by atoms with E-state index in [0.29, 0.717) is 30.0 Å². The predicted molar refractivity (Wildman–Crippen MR) is 136 cm³/mol. The Bertz CT molecular complexity index is 1260. The Morgan fingerprint density at radius 2 is 1.75 bits per heavy atom. The topological polar surface area (TPSA) is 87.7 Å². The number of halogens is 1. The van der Waals surface area contributed by atoms with Gasteiger partial charge in [-0.1, -0.05) is 18.2 Å². The third-order valence-electron chi connectivity index (χ3n) is 6.18.